The first-order valence-corrected chi connectivity index (χ1v) is 9.09. The van der Waals surface area contributed by atoms with Crippen LogP contribution in [-0.2, 0) is 22.4 Å². The van der Waals surface area contributed by atoms with E-state index in [0.717, 1.165) is 29.7 Å². The van der Waals surface area contributed by atoms with Gasteiger partial charge in [-0.15, -0.1) is 11.3 Å². The Bertz CT molecular complexity index is 848. The van der Waals surface area contributed by atoms with E-state index in [1.54, 1.807) is 12.1 Å². The molecule has 136 valence electrons. The number of carbonyl (C=O) groups is 3. The number of thiophene rings is 1. The first kappa shape index (κ1) is 18.1. The van der Waals surface area contributed by atoms with E-state index < -0.39 is 24.4 Å². The molecule has 1 aliphatic rings. The molecule has 0 fully saturated rings. The fraction of sp³-hybridized carbons (Fsp3) is 0.333. The minimum absolute atomic E-state index is 0.124. The van der Waals surface area contributed by atoms with E-state index >= 15 is 0 Å². The summed E-state index contributed by atoms with van der Waals surface area (Å²) in [5.74, 6) is -1.24. The van der Waals surface area contributed by atoms with E-state index in [1.165, 1.54) is 23.6 Å². The Morgan fingerprint density at radius 2 is 2.19 bits per heavy atom. The average molecular weight is 373 g/mol. The monoisotopic (exact) mass is 373 g/mol. The third-order valence-corrected chi connectivity index (χ3v) is 5.39. The zero-order chi connectivity index (χ0) is 18.7. The first-order chi connectivity index (χ1) is 12.5. The van der Waals surface area contributed by atoms with Crippen molar-refractivity contribution in [1.29, 1.82) is 0 Å². The van der Waals surface area contributed by atoms with E-state index in [2.05, 4.69) is 17.2 Å². The molecular weight excluding hydrogens is 354 g/mol. The van der Waals surface area contributed by atoms with Crippen LogP contribution < -0.4 is 11.1 Å². The number of amides is 2. The molecule has 7 nitrogen and oxygen atoms in total. The molecule has 2 amide bonds. The molecule has 3 N–H and O–H groups in total. The molecule has 1 atom stereocenters. The molecule has 0 unspecified atom stereocenters. The van der Waals surface area contributed by atoms with Crippen molar-refractivity contribution in [2.24, 2.45) is 11.7 Å². The quantitative estimate of drug-likeness (QED) is 0.780. The van der Waals surface area contributed by atoms with Gasteiger partial charge >= 0.3 is 5.97 Å². The van der Waals surface area contributed by atoms with Crippen molar-refractivity contribution >= 4 is 34.1 Å². The minimum Gasteiger partial charge on any atom is -0.451 e. The van der Waals surface area contributed by atoms with Gasteiger partial charge in [-0.1, -0.05) is 13.0 Å². The molecule has 0 aliphatic heterocycles. The summed E-state index contributed by atoms with van der Waals surface area (Å²) in [5.41, 5.74) is 6.95. The Morgan fingerprint density at radius 1 is 1.38 bits per heavy atom. The Morgan fingerprint density at radius 3 is 2.88 bits per heavy atom. The fourth-order valence-corrected chi connectivity index (χ4v) is 4.38. The summed E-state index contributed by atoms with van der Waals surface area (Å²) < 4.78 is 4.96. The van der Waals surface area contributed by atoms with Gasteiger partial charge in [-0.3, -0.25) is 9.59 Å². The number of nitrogens with zero attached hydrogens (tertiary/aromatic N) is 1. The Balaban J connectivity index is 1.68. The SMILES string of the molecule is C[C@H]1CCc2c(sc(NC(=O)COC(=O)c3ccccn3)c2C(N)=O)C1. The summed E-state index contributed by atoms with van der Waals surface area (Å²) in [6, 6.07) is 4.83. The van der Waals surface area contributed by atoms with Crippen LogP contribution in [0.4, 0.5) is 5.00 Å². The van der Waals surface area contributed by atoms with Crippen LogP contribution in [0.5, 0.6) is 0 Å². The van der Waals surface area contributed by atoms with Gasteiger partial charge in [-0.05, 0) is 42.9 Å². The number of nitrogens with one attached hydrogen (secondary N) is 1. The van der Waals surface area contributed by atoms with Crippen molar-refractivity contribution in [3.05, 3.63) is 46.1 Å². The highest BCUT2D eigenvalue weighted by Crippen LogP contribution is 2.39. The van der Waals surface area contributed by atoms with Crippen LogP contribution >= 0.6 is 11.3 Å². The third-order valence-electron chi connectivity index (χ3n) is 4.22. The number of fused-ring (bicyclic) bond motifs is 1. The van der Waals surface area contributed by atoms with Crippen LogP contribution in [0.15, 0.2) is 24.4 Å². The van der Waals surface area contributed by atoms with Crippen LogP contribution in [0.3, 0.4) is 0 Å². The van der Waals surface area contributed by atoms with Gasteiger partial charge < -0.3 is 15.8 Å². The van der Waals surface area contributed by atoms with Crippen LogP contribution in [-0.4, -0.2) is 29.4 Å². The molecule has 2 aromatic rings. The van der Waals surface area contributed by atoms with Crippen molar-refractivity contribution < 1.29 is 19.1 Å². The van der Waals surface area contributed by atoms with Crippen LogP contribution in [0.2, 0.25) is 0 Å². The molecule has 1 aliphatic carbocycles. The maximum Gasteiger partial charge on any atom is 0.357 e. The van der Waals surface area contributed by atoms with Gasteiger partial charge in [0.15, 0.2) is 6.61 Å². The highest BCUT2D eigenvalue weighted by atomic mass is 32.1. The van der Waals surface area contributed by atoms with Crippen molar-refractivity contribution in [3.63, 3.8) is 0 Å². The number of rotatable bonds is 5. The summed E-state index contributed by atoms with van der Waals surface area (Å²) in [5, 5.41) is 3.08. The summed E-state index contributed by atoms with van der Waals surface area (Å²) in [6.45, 7) is 1.69. The lowest BCUT2D eigenvalue weighted by Gasteiger charge is -2.18. The molecule has 0 radical (unpaired) electrons. The van der Waals surface area contributed by atoms with Gasteiger partial charge in [0.25, 0.3) is 11.8 Å². The Hall–Kier alpha value is -2.74. The lowest BCUT2D eigenvalue weighted by molar-refractivity contribution is -0.119. The van der Waals surface area contributed by atoms with Crippen molar-refractivity contribution in [2.75, 3.05) is 11.9 Å². The van der Waals surface area contributed by atoms with Gasteiger partial charge in [0, 0.05) is 11.1 Å². The van der Waals surface area contributed by atoms with E-state index in [-0.39, 0.29) is 5.69 Å². The molecule has 3 rings (SSSR count). The van der Waals surface area contributed by atoms with Gasteiger partial charge in [-0.25, -0.2) is 9.78 Å². The van der Waals surface area contributed by atoms with E-state index in [1.807, 2.05) is 0 Å². The summed E-state index contributed by atoms with van der Waals surface area (Å²) in [7, 11) is 0. The number of hydrogen-bond acceptors (Lipinski definition) is 6. The summed E-state index contributed by atoms with van der Waals surface area (Å²) in [4.78, 5) is 40.8. The molecule has 2 aromatic heterocycles. The number of ether oxygens (including phenoxy) is 1. The zero-order valence-electron chi connectivity index (χ0n) is 14.3. The second-order valence-electron chi connectivity index (χ2n) is 6.26. The summed E-state index contributed by atoms with van der Waals surface area (Å²) in [6.07, 6.45) is 4.09. The molecule has 0 saturated carbocycles. The van der Waals surface area contributed by atoms with E-state index in [4.69, 9.17) is 10.5 Å². The molecule has 0 saturated heterocycles. The van der Waals surface area contributed by atoms with Crippen molar-refractivity contribution in [1.82, 2.24) is 4.98 Å². The van der Waals surface area contributed by atoms with Gasteiger partial charge in [0.2, 0.25) is 0 Å². The maximum absolute atomic E-state index is 12.1. The number of nitrogens with two attached hydrogens (primary N) is 1. The number of primary amides is 1. The number of anilines is 1. The molecule has 0 spiro atoms. The lowest BCUT2D eigenvalue weighted by atomic mass is 9.88. The number of aromatic nitrogens is 1. The van der Waals surface area contributed by atoms with Gasteiger partial charge in [0.1, 0.15) is 10.7 Å². The fourth-order valence-electron chi connectivity index (χ4n) is 2.95. The predicted octanol–water partition coefficient (Wildman–Crippen LogP) is 2.16. The minimum atomic E-state index is -0.685. The molecule has 26 heavy (non-hydrogen) atoms. The van der Waals surface area contributed by atoms with Gasteiger partial charge in [-0.2, -0.15) is 0 Å². The largest absolute Gasteiger partial charge is 0.451 e. The second kappa shape index (κ2) is 7.65. The average Bonchev–Trinajstić information content (AvgIpc) is 2.97. The summed E-state index contributed by atoms with van der Waals surface area (Å²) >= 11 is 1.37. The first-order valence-electron chi connectivity index (χ1n) is 8.28. The predicted molar refractivity (Wildman–Crippen MR) is 97.2 cm³/mol. The van der Waals surface area contributed by atoms with Crippen molar-refractivity contribution in [3.8, 4) is 0 Å². The lowest BCUT2D eigenvalue weighted by Crippen LogP contribution is -2.23. The van der Waals surface area contributed by atoms with Gasteiger partial charge in [0.05, 0.1) is 5.56 Å². The molecular formula is C18H19N3O4S. The maximum atomic E-state index is 12.1. The van der Waals surface area contributed by atoms with Crippen molar-refractivity contribution in [2.45, 2.75) is 26.2 Å². The van der Waals surface area contributed by atoms with E-state index in [0.29, 0.717) is 16.5 Å². The number of pyridine rings is 1. The number of esters is 1. The van der Waals surface area contributed by atoms with Crippen LogP contribution in [0.25, 0.3) is 0 Å². The number of hydrogen-bond donors (Lipinski definition) is 2. The van der Waals surface area contributed by atoms with Crippen LogP contribution in [0, 0.1) is 5.92 Å². The Labute approximate surface area is 154 Å². The number of carbonyl (C=O) groups excluding carboxylic acids is 3. The standard InChI is InChI=1S/C18H19N3O4S/c1-10-5-6-11-13(8-10)26-17(15(11)16(19)23)21-14(22)9-25-18(24)12-4-2-3-7-20-12/h2-4,7,10H,5-6,8-9H2,1H3,(H2,19,23)(H,21,22)/t10-/m0/s1. The highest BCUT2D eigenvalue weighted by Gasteiger charge is 2.27. The Kier molecular flexibility index (Phi) is 5.32. The topological polar surface area (TPSA) is 111 Å². The van der Waals surface area contributed by atoms with E-state index in [9.17, 15) is 14.4 Å². The molecule has 8 heteroatoms. The highest BCUT2D eigenvalue weighted by molar-refractivity contribution is 7.17. The normalized spacial score (nSPS) is 15.8. The van der Waals surface area contributed by atoms with Crippen LogP contribution in [0.1, 0.15) is 44.6 Å². The zero-order valence-corrected chi connectivity index (χ0v) is 15.1. The second-order valence-corrected chi connectivity index (χ2v) is 7.36. The smallest absolute Gasteiger partial charge is 0.357 e. The third kappa shape index (κ3) is 3.91. The molecule has 2 heterocycles. The molecule has 0 bridgehead atoms. The molecule has 0 aromatic carbocycles.